The zero-order valence-electron chi connectivity index (χ0n) is 14.1. The second-order valence-electron chi connectivity index (χ2n) is 5.77. The quantitative estimate of drug-likeness (QED) is 0.684. The number of rotatable bonds is 5. The van der Waals surface area contributed by atoms with E-state index in [-0.39, 0.29) is 5.91 Å². The first-order valence-corrected chi connectivity index (χ1v) is 8.74. The smallest absolute Gasteiger partial charge is 0.276 e. The number of hydrogen-bond donors (Lipinski definition) is 0. The lowest BCUT2D eigenvalue weighted by atomic mass is 10.2. The molecule has 0 aliphatic heterocycles. The molecule has 0 spiro atoms. The second-order valence-corrected chi connectivity index (χ2v) is 6.73. The minimum Gasteiger partial charge on any atom is -0.336 e. The molecule has 2 heterocycles. The Kier molecular flexibility index (Phi) is 5.10. The predicted octanol–water partition coefficient (Wildman–Crippen LogP) is 2.72. The van der Waals surface area contributed by atoms with Gasteiger partial charge in [0.2, 0.25) is 0 Å². The summed E-state index contributed by atoms with van der Waals surface area (Å²) >= 11 is 7.05. The molecule has 130 valence electrons. The molecule has 0 saturated heterocycles. The maximum absolute atomic E-state index is 12.7. The van der Waals surface area contributed by atoms with Crippen molar-refractivity contribution in [2.75, 3.05) is 7.05 Å². The van der Waals surface area contributed by atoms with Crippen molar-refractivity contribution in [3.8, 4) is 0 Å². The van der Waals surface area contributed by atoms with E-state index in [1.807, 2.05) is 26.0 Å². The first-order valence-electron chi connectivity index (χ1n) is 7.63. The fourth-order valence-electron chi connectivity index (χ4n) is 2.36. The normalized spacial score (nSPS) is 10.9. The molecule has 0 aliphatic rings. The van der Waals surface area contributed by atoms with Crippen LogP contribution >= 0.6 is 23.3 Å². The Labute approximate surface area is 154 Å². The maximum atomic E-state index is 12.7. The summed E-state index contributed by atoms with van der Waals surface area (Å²) in [5.41, 5.74) is 3.76. The van der Waals surface area contributed by atoms with Crippen molar-refractivity contribution < 1.29 is 4.79 Å². The Morgan fingerprint density at radius 3 is 2.60 bits per heavy atom. The number of carbonyl (C=O) groups excluding carboxylic acids is 1. The third kappa shape index (κ3) is 3.85. The molecule has 0 fully saturated rings. The molecule has 2 aromatic heterocycles. The van der Waals surface area contributed by atoms with Crippen LogP contribution in [0.3, 0.4) is 0 Å². The number of carbonyl (C=O) groups is 1. The van der Waals surface area contributed by atoms with Gasteiger partial charge >= 0.3 is 0 Å². The topological polar surface area (TPSA) is 76.8 Å². The maximum Gasteiger partial charge on any atom is 0.276 e. The molecule has 25 heavy (non-hydrogen) atoms. The highest BCUT2D eigenvalue weighted by atomic mass is 35.5. The fraction of sp³-hybridized carbons (Fsp3) is 0.312. The van der Waals surface area contributed by atoms with Crippen LogP contribution in [0.1, 0.15) is 33.1 Å². The number of aryl methyl sites for hydroxylation is 1. The van der Waals surface area contributed by atoms with E-state index in [4.69, 9.17) is 11.6 Å². The largest absolute Gasteiger partial charge is 0.336 e. The summed E-state index contributed by atoms with van der Waals surface area (Å²) in [6, 6.07) is 7.41. The molecular formula is C16H17ClN6OS. The Morgan fingerprint density at radius 1 is 1.24 bits per heavy atom. The third-order valence-corrected chi connectivity index (χ3v) is 4.82. The van der Waals surface area contributed by atoms with Gasteiger partial charge in [-0.25, -0.2) is 4.68 Å². The van der Waals surface area contributed by atoms with Gasteiger partial charge in [0.1, 0.15) is 0 Å². The lowest BCUT2D eigenvalue weighted by Crippen LogP contribution is -2.27. The van der Waals surface area contributed by atoms with E-state index in [0.717, 1.165) is 17.0 Å². The van der Waals surface area contributed by atoms with Gasteiger partial charge in [-0.05, 0) is 31.5 Å². The average molecular weight is 377 g/mol. The minimum atomic E-state index is -0.174. The zero-order chi connectivity index (χ0) is 18.0. The summed E-state index contributed by atoms with van der Waals surface area (Å²) in [5.74, 6) is -0.174. The molecule has 1 aromatic carbocycles. The highest BCUT2D eigenvalue weighted by Gasteiger charge is 2.21. The molecule has 3 aromatic rings. The number of hydrogen-bond acceptors (Lipinski definition) is 6. The van der Waals surface area contributed by atoms with Crippen LogP contribution < -0.4 is 0 Å². The molecule has 7 nitrogen and oxygen atoms in total. The summed E-state index contributed by atoms with van der Waals surface area (Å²) in [4.78, 5) is 14.3. The Morgan fingerprint density at radius 2 is 1.96 bits per heavy atom. The van der Waals surface area contributed by atoms with Gasteiger partial charge < -0.3 is 4.90 Å². The molecule has 1 amide bonds. The molecule has 0 aliphatic carbocycles. The van der Waals surface area contributed by atoms with Gasteiger partial charge in [-0.3, -0.25) is 4.79 Å². The molecule has 0 radical (unpaired) electrons. The van der Waals surface area contributed by atoms with E-state index in [9.17, 15) is 4.79 Å². The summed E-state index contributed by atoms with van der Waals surface area (Å²) in [6.07, 6.45) is 0. The first-order chi connectivity index (χ1) is 12.0. The Bertz CT molecular complexity index is 888. The van der Waals surface area contributed by atoms with Crippen molar-refractivity contribution in [1.29, 1.82) is 0 Å². The van der Waals surface area contributed by atoms with E-state index in [1.165, 1.54) is 11.7 Å². The van der Waals surface area contributed by atoms with Gasteiger partial charge in [-0.2, -0.15) is 8.75 Å². The molecule has 0 N–H and O–H groups in total. The summed E-state index contributed by atoms with van der Waals surface area (Å²) in [6.45, 7) is 4.66. The molecule has 0 atom stereocenters. The molecule has 0 bridgehead atoms. The Balaban J connectivity index is 1.73. The van der Waals surface area contributed by atoms with E-state index in [0.29, 0.717) is 29.5 Å². The molecule has 3 rings (SSSR count). The van der Waals surface area contributed by atoms with Crippen molar-refractivity contribution in [3.05, 3.63) is 57.6 Å². The van der Waals surface area contributed by atoms with Gasteiger partial charge in [0.25, 0.3) is 5.91 Å². The first kappa shape index (κ1) is 17.5. The van der Waals surface area contributed by atoms with Crippen LogP contribution in [0.25, 0.3) is 0 Å². The molecule has 9 heteroatoms. The molecular weight excluding hydrogens is 360 g/mol. The van der Waals surface area contributed by atoms with Crippen molar-refractivity contribution in [3.63, 3.8) is 0 Å². The second kappa shape index (κ2) is 7.28. The summed E-state index contributed by atoms with van der Waals surface area (Å²) < 4.78 is 10.1. The van der Waals surface area contributed by atoms with Gasteiger partial charge in [-0.1, -0.05) is 28.9 Å². The number of halogens is 1. The van der Waals surface area contributed by atoms with Crippen LogP contribution in [0.15, 0.2) is 24.3 Å². The summed E-state index contributed by atoms with van der Waals surface area (Å²) in [7, 11) is 1.74. The monoisotopic (exact) mass is 376 g/mol. The van der Waals surface area contributed by atoms with Crippen LogP contribution in [0.4, 0.5) is 0 Å². The van der Waals surface area contributed by atoms with E-state index < -0.39 is 0 Å². The van der Waals surface area contributed by atoms with Crippen LogP contribution in [-0.2, 0) is 13.1 Å². The van der Waals surface area contributed by atoms with E-state index >= 15 is 0 Å². The zero-order valence-corrected chi connectivity index (χ0v) is 15.7. The van der Waals surface area contributed by atoms with Gasteiger partial charge in [-0.15, -0.1) is 5.10 Å². The highest BCUT2D eigenvalue weighted by Crippen LogP contribution is 2.14. The van der Waals surface area contributed by atoms with E-state index in [1.54, 1.807) is 28.8 Å². The standard InChI is InChI=1S/C16H17ClN6OS/c1-10-14(20-25-19-10)9-23-11(2)15(18-21-23)16(24)22(3)8-12-4-6-13(17)7-5-12/h4-7H,8-9H2,1-3H3. The van der Waals surface area contributed by atoms with Gasteiger partial charge in [0.05, 0.1) is 35.4 Å². The lowest BCUT2D eigenvalue weighted by Gasteiger charge is -2.16. The van der Waals surface area contributed by atoms with Crippen LogP contribution in [0.2, 0.25) is 5.02 Å². The van der Waals surface area contributed by atoms with Crippen LogP contribution in [0, 0.1) is 13.8 Å². The van der Waals surface area contributed by atoms with Crippen molar-refractivity contribution in [2.24, 2.45) is 0 Å². The van der Waals surface area contributed by atoms with Crippen molar-refractivity contribution >= 4 is 29.2 Å². The number of benzene rings is 1. The number of nitrogens with zero attached hydrogens (tertiary/aromatic N) is 6. The SMILES string of the molecule is Cc1nsnc1Cn1nnc(C(=O)N(C)Cc2ccc(Cl)cc2)c1C. The fourth-order valence-corrected chi connectivity index (χ4v) is 3.04. The Hall–Kier alpha value is -2.32. The van der Waals surface area contributed by atoms with Crippen molar-refractivity contribution in [2.45, 2.75) is 26.9 Å². The predicted molar refractivity (Wildman–Crippen MR) is 95.8 cm³/mol. The lowest BCUT2D eigenvalue weighted by molar-refractivity contribution is 0.0778. The number of amides is 1. The summed E-state index contributed by atoms with van der Waals surface area (Å²) in [5, 5.41) is 8.82. The molecule has 0 saturated carbocycles. The van der Waals surface area contributed by atoms with Gasteiger partial charge in [0, 0.05) is 18.6 Å². The van der Waals surface area contributed by atoms with Gasteiger partial charge in [0.15, 0.2) is 5.69 Å². The average Bonchev–Trinajstić information content (AvgIpc) is 3.16. The number of aromatic nitrogens is 5. The minimum absolute atomic E-state index is 0.174. The van der Waals surface area contributed by atoms with Crippen LogP contribution in [-0.4, -0.2) is 41.6 Å². The van der Waals surface area contributed by atoms with Crippen molar-refractivity contribution in [1.82, 2.24) is 28.6 Å². The highest BCUT2D eigenvalue weighted by molar-refractivity contribution is 6.99. The third-order valence-electron chi connectivity index (χ3n) is 3.91. The van der Waals surface area contributed by atoms with E-state index in [2.05, 4.69) is 19.1 Å². The molecule has 0 unspecified atom stereocenters. The van der Waals surface area contributed by atoms with Crippen LogP contribution in [0.5, 0.6) is 0 Å².